The molecule has 0 bridgehead atoms. The van der Waals surface area contributed by atoms with Gasteiger partial charge in [0.25, 0.3) is 5.91 Å². The summed E-state index contributed by atoms with van der Waals surface area (Å²) < 4.78 is 0. The first-order chi connectivity index (χ1) is 11.7. The summed E-state index contributed by atoms with van der Waals surface area (Å²) in [5.41, 5.74) is 2.81. The average molecular weight is 327 g/mol. The van der Waals surface area contributed by atoms with E-state index in [0.29, 0.717) is 5.56 Å². The normalized spacial score (nSPS) is 21.6. The number of amides is 1. The summed E-state index contributed by atoms with van der Waals surface area (Å²) in [5.74, 6) is 0.0407. The number of aromatic nitrogens is 1. The molecular formula is C19H25N3O2. The quantitative estimate of drug-likeness (QED) is 0.786. The summed E-state index contributed by atoms with van der Waals surface area (Å²) >= 11 is 0. The van der Waals surface area contributed by atoms with Crippen LogP contribution in [0.2, 0.25) is 0 Å². The van der Waals surface area contributed by atoms with Crippen LogP contribution >= 0.6 is 0 Å². The van der Waals surface area contributed by atoms with Gasteiger partial charge >= 0.3 is 0 Å². The number of benzene rings is 1. The van der Waals surface area contributed by atoms with Gasteiger partial charge in [0.15, 0.2) is 0 Å². The number of aliphatic hydroxyl groups excluding tert-OH is 1. The number of hydrogen-bond donors (Lipinski definition) is 3. The molecule has 1 aliphatic heterocycles. The number of hydrogen-bond acceptors (Lipinski definition) is 3. The molecule has 0 radical (unpaired) electrons. The molecule has 0 saturated carbocycles. The molecule has 5 heteroatoms. The maximum atomic E-state index is 12.5. The molecule has 3 rings (SSSR count). The number of rotatable bonds is 5. The second-order valence-electron chi connectivity index (χ2n) is 6.55. The highest BCUT2D eigenvalue weighted by atomic mass is 16.3. The van der Waals surface area contributed by atoms with Crippen molar-refractivity contribution in [2.75, 3.05) is 19.7 Å². The van der Waals surface area contributed by atoms with Crippen molar-refractivity contribution >= 4 is 5.91 Å². The summed E-state index contributed by atoms with van der Waals surface area (Å²) in [6.45, 7) is 4.57. The molecule has 1 aromatic heterocycles. The van der Waals surface area contributed by atoms with Gasteiger partial charge < -0.3 is 15.4 Å². The van der Waals surface area contributed by atoms with Crippen molar-refractivity contribution in [3.63, 3.8) is 0 Å². The first-order valence-electron chi connectivity index (χ1n) is 8.49. The van der Waals surface area contributed by atoms with Crippen LogP contribution in [0.25, 0.3) is 0 Å². The van der Waals surface area contributed by atoms with Crippen LogP contribution in [-0.4, -0.2) is 46.6 Å². The maximum Gasteiger partial charge on any atom is 0.253 e. The van der Waals surface area contributed by atoms with Gasteiger partial charge in [0.2, 0.25) is 0 Å². The lowest BCUT2D eigenvalue weighted by molar-refractivity contribution is 0.0730. The van der Waals surface area contributed by atoms with Crippen LogP contribution in [0.3, 0.4) is 0 Å². The van der Waals surface area contributed by atoms with E-state index in [4.69, 9.17) is 0 Å². The van der Waals surface area contributed by atoms with Crippen molar-refractivity contribution in [2.24, 2.45) is 5.92 Å². The van der Waals surface area contributed by atoms with Crippen LogP contribution in [0.15, 0.2) is 42.6 Å². The second kappa shape index (κ2) is 7.64. The molecule has 2 heterocycles. The van der Waals surface area contributed by atoms with Gasteiger partial charge in [0.05, 0.1) is 5.56 Å². The topological polar surface area (TPSA) is 68.4 Å². The number of carbonyl (C=O) groups is 1. The Morgan fingerprint density at radius 1 is 1.33 bits per heavy atom. The van der Waals surface area contributed by atoms with Gasteiger partial charge in [-0.25, -0.2) is 0 Å². The fourth-order valence-electron chi connectivity index (χ4n) is 3.38. The van der Waals surface area contributed by atoms with Gasteiger partial charge in [-0.1, -0.05) is 30.3 Å². The maximum absolute atomic E-state index is 12.5. The molecule has 128 valence electrons. The minimum Gasteiger partial charge on any atom is -0.396 e. The minimum atomic E-state index is -0.0706. The zero-order valence-corrected chi connectivity index (χ0v) is 14.0. The third-order valence-corrected chi connectivity index (χ3v) is 4.84. The monoisotopic (exact) mass is 327 g/mol. The third kappa shape index (κ3) is 3.86. The summed E-state index contributed by atoms with van der Waals surface area (Å²) in [4.78, 5) is 17.9. The SMILES string of the molecule is Cc1[nH]ccc1C(=O)N[C@H]1CN(Cc2ccccc2)CC[C@H]1CO. The summed E-state index contributed by atoms with van der Waals surface area (Å²) in [7, 11) is 0. The number of aromatic amines is 1. The Balaban J connectivity index is 1.65. The van der Waals surface area contributed by atoms with Crippen LogP contribution in [0.5, 0.6) is 0 Å². The zero-order chi connectivity index (χ0) is 16.9. The molecule has 0 spiro atoms. The van der Waals surface area contributed by atoms with Crippen LogP contribution < -0.4 is 5.32 Å². The molecule has 1 fully saturated rings. The Kier molecular flexibility index (Phi) is 5.33. The van der Waals surface area contributed by atoms with Gasteiger partial charge in [-0.05, 0) is 31.5 Å². The lowest BCUT2D eigenvalue weighted by atomic mass is 9.91. The van der Waals surface area contributed by atoms with E-state index < -0.39 is 0 Å². The van der Waals surface area contributed by atoms with E-state index in [-0.39, 0.29) is 24.5 Å². The van der Waals surface area contributed by atoms with E-state index >= 15 is 0 Å². The van der Waals surface area contributed by atoms with E-state index in [0.717, 1.165) is 31.7 Å². The summed E-state index contributed by atoms with van der Waals surface area (Å²) in [5, 5.41) is 12.8. The minimum absolute atomic E-state index is 0.0331. The van der Waals surface area contributed by atoms with Crippen molar-refractivity contribution < 1.29 is 9.90 Å². The highest BCUT2D eigenvalue weighted by Crippen LogP contribution is 2.20. The van der Waals surface area contributed by atoms with Crippen molar-refractivity contribution in [3.05, 3.63) is 59.4 Å². The third-order valence-electron chi connectivity index (χ3n) is 4.84. The van der Waals surface area contributed by atoms with Gasteiger partial charge in [0, 0.05) is 43.5 Å². The highest BCUT2D eigenvalue weighted by molar-refractivity contribution is 5.95. The standard InChI is InChI=1S/C19H25N3O2/c1-14-17(7-9-20-14)19(24)21-18-12-22(10-8-16(18)13-23)11-15-5-3-2-4-6-15/h2-7,9,16,18,20,23H,8,10-13H2,1H3,(H,21,24)/t16-,18-/m0/s1. The number of aliphatic hydroxyl groups is 1. The predicted octanol–water partition coefficient (Wildman–Crippen LogP) is 1.94. The molecule has 2 aromatic rings. The molecule has 2 atom stereocenters. The molecule has 1 aliphatic rings. The van der Waals surface area contributed by atoms with E-state index in [2.05, 4.69) is 27.3 Å². The number of H-pyrrole nitrogens is 1. The number of aryl methyl sites for hydroxylation is 1. The number of piperidine rings is 1. The van der Waals surface area contributed by atoms with Crippen molar-refractivity contribution in [2.45, 2.75) is 25.9 Å². The van der Waals surface area contributed by atoms with E-state index in [1.54, 1.807) is 12.3 Å². The Labute approximate surface area is 142 Å². The Bertz CT molecular complexity index is 668. The number of nitrogens with one attached hydrogen (secondary N) is 2. The number of likely N-dealkylation sites (tertiary alicyclic amines) is 1. The molecular weight excluding hydrogens is 302 g/mol. The average Bonchev–Trinajstić information content (AvgIpc) is 3.02. The van der Waals surface area contributed by atoms with Crippen molar-refractivity contribution in [3.8, 4) is 0 Å². The van der Waals surface area contributed by atoms with Gasteiger partial charge in [-0.3, -0.25) is 9.69 Å². The molecule has 1 aromatic carbocycles. The molecule has 3 N–H and O–H groups in total. The summed E-state index contributed by atoms with van der Waals surface area (Å²) in [6, 6.07) is 12.1. The Hall–Kier alpha value is -2.11. The van der Waals surface area contributed by atoms with Crippen molar-refractivity contribution in [1.29, 1.82) is 0 Å². The van der Waals surface area contributed by atoms with Gasteiger partial charge in [0.1, 0.15) is 0 Å². The largest absolute Gasteiger partial charge is 0.396 e. The molecule has 24 heavy (non-hydrogen) atoms. The Morgan fingerprint density at radius 3 is 2.79 bits per heavy atom. The first-order valence-corrected chi connectivity index (χ1v) is 8.49. The summed E-state index contributed by atoms with van der Waals surface area (Å²) in [6.07, 6.45) is 2.66. The van der Waals surface area contributed by atoms with E-state index in [1.165, 1.54) is 5.56 Å². The smallest absolute Gasteiger partial charge is 0.253 e. The van der Waals surface area contributed by atoms with Gasteiger partial charge in [-0.2, -0.15) is 0 Å². The molecule has 0 aliphatic carbocycles. The fourth-order valence-corrected chi connectivity index (χ4v) is 3.38. The lowest BCUT2D eigenvalue weighted by Crippen LogP contribution is -2.53. The van der Waals surface area contributed by atoms with E-state index in [1.807, 2.05) is 25.1 Å². The first kappa shape index (κ1) is 16.7. The van der Waals surface area contributed by atoms with Gasteiger partial charge in [-0.15, -0.1) is 0 Å². The van der Waals surface area contributed by atoms with Crippen LogP contribution in [0, 0.1) is 12.8 Å². The number of nitrogens with zero attached hydrogens (tertiary/aromatic N) is 1. The van der Waals surface area contributed by atoms with Crippen LogP contribution in [0.1, 0.15) is 28.0 Å². The number of carbonyl (C=O) groups excluding carboxylic acids is 1. The molecule has 1 saturated heterocycles. The lowest BCUT2D eigenvalue weighted by Gasteiger charge is -2.38. The van der Waals surface area contributed by atoms with Crippen LogP contribution in [0.4, 0.5) is 0 Å². The predicted molar refractivity (Wildman–Crippen MR) is 93.7 cm³/mol. The molecule has 5 nitrogen and oxygen atoms in total. The van der Waals surface area contributed by atoms with Crippen molar-refractivity contribution in [1.82, 2.24) is 15.2 Å². The Morgan fingerprint density at radius 2 is 2.12 bits per heavy atom. The second-order valence-corrected chi connectivity index (χ2v) is 6.55. The molecule has 1 amide bonds. The molecule has 0 unspecified atom stereocenters. The zero-order valence-electron chi connectivity index (χ0n) is 14.0. The van der Waals surface area contributed by atoms with Crippen LogP contribution in [-0.2, 0) is 6.54 Å². The fraction of sp³-hybridized carbons (Fsp3) is 0.421. The highest BCUT2D eigenvalue weighted by Gasteiger charge is 2.30. The van der Waals surface area contributed by atoms with E-state index in [9.17, 15) is 9.90 Å².